The average molecular weight is 517 g/mol. The molecule has 0 spiro atoms. The summed E-state index contributed by atoms with van der Waals surface area (Å²) >= 11 is 0. The highest BCUT2D eigenvalue weighted by Crippen LogP contribution is 2.28. The molecule has 2 aromatic heterocycles. The van der Waals surface area contributed by atoms with Crippen LogP contribution in [0.1, 0.15) is 0 Å². The highest BCUT2D eigenvalue weighted by molar-refractivity contribution is 7.86. The normalized spacial score (nSPS) is 11.3. The van der Waals surface area contributed by atoms with Gasteiger partial charge in [0, 0.05) is 5.69 Å². The first kappa shape index (κ1) is 24.5. The number of hydrogen-bond acceptors (Lipinski definition) is 9. The summed E-state index contributed by atoms with van der Waals surface area (Å²) in [6.07, 6.45) is 1.46. The SMILES string of the molecule is COc1ccc(S(=O)(=O)F)cc1NC(=O)NCCOc1ccc(-n2cnc3c(=O)[nH]c(N)nc32)cc1. The van der Waals surface area contributed by atoms with Crippen LogP contribution in [0.15, 0.2) is 58.5 Å². The van der Waals surface area contributed by atoms with Crippen molar-refractivity contribution in [3.63, 3.8) is 0 Å². The van der Waals surface area contributed by atoms with Gasteiger partial charge in [0.2, 0.25) is 5.95 Å². The van der Waals surface area contributed by atoms with Crippen molar-refractivity contribution in [2.24, 2.45) is 0 Å². The molecule has 2 amide bonds. The number of nitrogens with one attached hydrogen (secondary N) is 3. The summed E-state index contributed by atoms with van der Waals surface area (Å²) < 4.78 is 47.7. The molecule has 0 aliphatic rings. The zero-order chi connectivity index (χ0) is 25.9. The second-order valence-electron chi connectivity index (χ2n) is 7.26. The van der Waals surface area contributed by atoms with Gasteiger partial charge in [-0.05, 0) is 42.5 Å². The van der Waals surface area contributed by atoms with Crippen LogP contribution in [0.5, 0.6) is 11.5 Å². The molecule has 0 saturated carbocycles. The number of rotatable bonds is 8. The van der Waals surface area contributed by atoms with Crippen LogP contribution < -0.4 is 31.4 Å². The molecule has 0 saturated heterocycles. The van der Waals surface area contributed by atoms with Gasteiger partial charge in [-0.25, -0.2) is 9.78 Å². The van der Waals surface area contributed by atoms with Crippen molar-refractivity contribution in [3.8, 4) is 17.2 Å². The average Bonchev–Trinajstić information content (AvgIpc) is 3.26. The molecule has 0 bridgehead atoms. The molecular weight excluding hydrogens is 497 g/mol. The van der Waals surface area contributed by atoms with Crippen molar-refractivity contribution in [3.05, 3.63) is 59.1 Å². The highest BCUT2D eigenvalue weighted by atomic mass is 32.3. The summed E-state index contributed by atoms with van der Waals surface area (Å²) in [6, 6.07) is 9.37. The lowest BCUT2D eigenvalue weighted by molar-refractivity contribution is 0.247. The van der Waals surface area contributed by atoms with Crippen LogP contribution in [0.2, 0.25) is 0 Å². The zero-order valence-corrected chi connectivity index (χ0v) is 19.5. The number of aromatic nitrogens is 4. The van der Waals surface area contributed by atoms with Gasteiger partial charge in [-0.3, -0.25) is 14.3 Å². The number of imidazole rings is 1. The van der Waals surface area contributed by atoms with E-state index in [0.717, 1.165) is 12.1 Å². The minimum atomic E-state index is -4.95. The fourth-order valence-electron chi connectivity index (χ4n) is 3.25. The Morgan fingerprint density at radius 2 is 1.97 bits per heavy atom. The monoisotopic (exact) mass is 517 g/mol. The number of nitrogen functional groups attached to an aromatic ring is 1. The molecular formula is C21H20FN7O6S. The van der Waals surface area contributed by atoms with Crippen molar-refractivity contribution in [2.45, 2.75) is 4.90 Å². The quantitative estimate of drug-likeness (QED) is 0.199. The molecule has 15 heteroatoms. The molecule has 0 radical (unpaired) electrons. The molecule has 2 heterocycles. The third-order valence-electron chi connectivity index (χ3n) is 4.90. The minimum absolute atomic E-state index is 0.0181. The van der Waals surface area contributed by atoms with Crippen LogP contribution in [0.4, 0.5) is 20.3 Å². The Labute approximate surface area is 203 Å². The Morgan fingerprint density at radius 3 is 2.67 bits per heavy atom. The highest BCUT2D eigenvalue weighted by Gasteiger charge is 2.16. The van der Waals surface area contributed by atoms with Crippen LogP contribution in [0.25, 0.3) is 16.9 Å². The summed E-state index contributed by atoms with van der Waals surface area (Å²) in [5, 5.41) is 4.94. The Bertz CT molecular complexity index is 1580. The fourth-order valence-corrected chi connectivity index (χ4v) is 3.74. The van der Waals surface area contributed by atoms with Gasteiger partial charge >= 0.3 is 16.3 Å². The van der Waals surface area contributed by atoms with E-state index in [0.29, 0.717) is 17.1 Å². The van der Waals surface area contributed by atoms with Crippen LogP contribution >= 0.6 is 0 Å². The van der Waals surface area contributed by atoms with E-state index >= 15 is 0 Å². The maximum absolute atomic E-state index is 13.2. The van der Waals surface area contributed by atoms with Crippen LogP contribution in [-0.4, -0.2) is 54.2 Å². The third kappa shape index (κ3) is 5.35. The topological polar surface area (TPSA) is 183 Å². The molecule has 5 N–H and O–H groups in total. The van der Waals surface area contributed by atoms with Crippen molar-refractivity contribution in [1.29, 1.82) is 0 Å². The van der Waals surface area contributed by atoms with Gasteiger partial charge in [0.15, 0.2) is 11.2 Å². The first-order valence-corrected chi connectivity index (χ1v) is 11.7. The summed E-state index contributed by atoms with van der Waals surface area (Å²) in [5.41, 5.74) is 6.30. The van der Waals surface area contributed by atoms with E-state index in [-0.39, 0.29) is 36.1 Å². The number of halogens is 1. The van der Waals surface area contributed by atoms with Crippen LogP contribution in [0, 0.1) is 0 Å². The standard InChI is InChI=1S/C21H20FN7O6S/c1-34-16-7-6-14(36(22,32)33)10-15(16)26-21(31)24-8-9-35-13-4-2-12(3-5-13)29-11-25-17-18(29)27-20(23)28-19(17)30/h2-7,10-11H,8-9H2,1H3,(H2,24,26,31)(H3,23,27,28,30). The molecule has 0 aliphatic heterocycles. The molecule has 36 heavy (non-hydrogen) atoms. The number of hydrogen-bond donors (Lipinski definition) is 4. The predicted molar refractivity (Wildman–Crippen MR) is 128 cm³/mol. The summed E-state index contributed by atoms with van der Waals surface area (Å²) in [4.78, 5) is 34.0. The van der Waals surface area contributed by atoms with Crippen molar-refractivity contribution >= 4 is 39.1 Å². The van der Waals surface area contributed by atoms with E-state index in [1.165, 1.54) is 19.5 Å². The van der Waals surface area contributed by atoms with Crippen LogP contribution in [-0.2, 0) is 10.2 Å². The van der Waals surface area contributed by atoms with Gasteiger partial charge in [-0.15, -0.1) is 3.89 Å². The lowest BCUT2D eigenvalue weighted by Crippen LogP contribution is -2.32. The molecule has 2 aromatic carbocycles. The Kier molecular flexibility index (Phi) is 6.73. The van der Waals surface area contributed by atoms with Gasteiger partial charge < -0.3 is 25.8 Å². The maximum Gasteiger partial charge on any atom is 0.332 e. The van der Waals surface area contributed by atoms with E-state index in [2.05, 4.69) is 25.6 Å². The van der Waals surface area contributed by atoms with Crippen molar-refractivity contribution in [2.75, 3.05) is 31.3 Å². The van der Waals surface area contributed by atoms with Gasteiger partial charge in [0.25, 0.3) is 5.56 Å². The van der Waals surface area contributed by atoms with E-state index in [1.807, 2.05) is 0 Å². The molecule has 0 aliphatic carbocycles. The third-order valence-corrected chi connectivity index (χ3v) is 5.71. The molecule has 0 atom stereocenters. The first-order valence-electron chi connectivity index (χ1n) is 10.3. The fraction of sp³-hybridized carbons (Fsp3) is 0.143. The zero-order valence-electron chi connectivity index (χ0n) is 18.7. The van der Waals surface area contributed by atoms with E-state index < -0.39 is 26.7 Å². The summed E-state index contributed by atoms with van der Waals surface area (Å²) in [7, 11) is -3.63. The second-order valence-corrected chi connectivity index (χ2v) is 8.61. The van der Waals surface area contributed by atoms with Gasteiger partial charge in [-0.2, -0.15) is 13.4 Å². The number of urea groups is 1. The minimum Gasteiger partial charge on any atom is -0.495 e. The Hall–Kier alpha value is -4.66. The number of benzene rings is 2. The van der Waals surface area contributed by atoms with Crippen LogP contribution in [0.3, 0.4) is 0 Å². The van der Waals surface area contributed by atoms with Gasteiger partial charge in [0.05, 0.1) is 19.3 Å². The number of anilines is 2. The van der Waals surface area contributed by atoms with Gasteiger partial charge in [0.1, 0.15) is 29.3 Å². The van der Waals surface area contributed by atoms with Gasteiger partial charge in [-0.1, -0.05) is 0 Å². The molecule has 4 rings (SSSR count). The number of ether oxygens (including phenoxy) is 2. The number of amides is 2. The van der Waals surface area contributed by atoms with E-state index in [4.69, 9.17) is 15.2 Å². The number of fused-ring (bicyclic) bond motifs is 1. The lowest BCUT2D eigenvalue weighted by atomic mass is 10.3. The van der Waals surface area contributed by atoms with Crippen molar-refractivity contribution < 1.29 is 26.6 Å². The number of nitrogens with two attached hydrogens (primary N) is 1. The molecule has 188 valence electrons. The Morgan fingerprint density at radius 1 is 1.22 bits per heavy atom. The lowest BCUT2D eigenvalue weighted by Gasteiger charge is -2.12. The van der Waals surface area contributed by atoms with E-state index in [9.17, 15) is 21.9 Å². The number of carbonyl (C=O) groups excluding carboxylic acids is 1. The number of H-pyrrole nitrogens is 1. The molecule has 13 nitrogen and oxygen atoms in total. The Balaban J connectivity index is 1.32. The number of methoxy groups -OCH3 is 1. The smallest absolute Gasteiger partial charge is 0.332 e. The summed E-state index contributed by atoms with van der Waals surface area (Å²) in [6.45, 7) is 0.222. The van der Waals surface area contributed by atoms with Crippen molar-refractivity contribution in [1.82, 2.24) is 24.8 Å². The van der Waals surface area contributed by atoms with E-state index in [1.54, 1.807) is 28.8 Å². The molecule has 0 unspecified atom stereocenters. The first-order chi connectivity index (χ1) is 17.2. The number of carbonyl (C=O) groups is 1. The molecule has 0 fully saturated rings. The number of aromatic amines is 1. The number of nitrogens with zero attached hydrogens (tertiary/aromatic N) is 3. The maximum atomic E-state index is 13.2. The summed E-state index contributed by atoms with van der Waals surface area (Å²) in [5.74, 6) is 0.643. The predicted octanol–water partition coefficient (Wildman–Crippen LogP) is 1.56. The second kappa shape index (κ2) is 9.91. The largest absolute Gasteiger partial charge is 0.495 e. The molecule has 4 aromatic rings.